The van der Waals surface area contributed by atoms with Crippen LogP contribution in [0, 0.1) is 17.3 Å². The summed E-state index contributed by atoms with van der Waals surface area (Å²) in [6, 6.07) is 5.05. The molecule has 1 N–H and O–H groups in total. The van der Waals surface area contributed by atoms with Crippen molar-refractivity contribution in [1.82, 2.24) is 5.32 Å². The summed E-state index contributed by atoms with van der Waals surface area (Å²) in [6.07, 6.45) is -0.712. The first-order valence-electron chi connectivity index (χ1n) is 9.44. The van der Waals surface area contributed by atoms with E-state index in [0.717, 1.165) is 0 Å². The molecule has 156 valence electrons. The summed E-state index contributed by atoms with van der Waals surface area (Å²) in [7, 11) is 1.71. The molecule has 0 bridgehead atoms. The van der Waals surface area contributed by atoms with Crippen LogP contribution >= 0.6 is 0 Å². The molecule has 1 saturated heterocycles. The minimum atomic E-state index is -1.24. The van der Waals surface area contributed by atoms with E-state index in [-0.39, 0.29) is 22.8 Å². The smallest absolute Gasteiger partial charge is 0.347 e. The number of amides is 1. The predicted molar refractivity (Wildman–Crippen MR) is 108 cm³/mol. The summed E-state index contributed by atoms with van der Waals surface area (Å²) in [5, 5.41) is 2.70. The predicted octanol–water partition coefficient (Wildman–Crippen LogP) is 2.59. The molecule has 1 heterocycles. The Bertz CT molecular complexity index is 693. The molecule has 0 radical (unpaired) electrons. The third kappa shape index (κ3) is 4.85. The van der Waals surface area contributed by atoms with Gasteiger partial charge in [0.1, 0.15) is 17.1 Å². The van der Waals surface area contributed by atoms with Gasteiger partial charge in [-0.2, -0.15) is 0 Å². The Labute approximate surface area is 168 Å². The number of carbonyl (C=O) groups excluding carboxylic acids is 2. The summed E-state index contributed by atoms with van der Waals surface area (Å²) >= 11 is 0. The Morgan fingerprint density at radius 3 is 2.18 bits per heavy atom. The lowest BCUT2D eigenvalue weighted by Crippen LogP contribution is -2.64. The highest BCUT2D eigenvalue weighted by Crippen LogP contribution is 2.39. The van der Waals surface area contributed by atoms with E-state index in [2.05, 4.69) is 39.2 Å². The molecule has 1 amide bonds. The fourth-order valence-electron chi connectivity index (χ4n) is 3.28. The molecular weight excluding hydrogens is 378 g/mol. The molecule has 3 atom stereocenters. The first-order valence-corrected chi connectivity index (χ1v) is 12.2. The van der Waals surface area contributed by atoms with Crippen molar-refractivity contribution in [2.45, 2.75) is 40.1 Å². The van der Waals surface area contributed by atoms with Gasteiger partial charge in [-0.15, -0.1) is 0 Å². The van der Waals surface area contributed by atoms with Gasteiger partial charge in [0.15, 0.2) is 15.3 Å². The van der Waals surface area contributed by atoms with E-state index in [1.807, 2.05) is 0 Å². The molecule has 1 aromatic rings. The summed E-state index contributed by atoms with van der Waals surface area (Å²) < 4.78 is 22.1. The van der Waals surface area contributed by atoms with Crippen molar-refractivity contribution in [3.05, 3.63) is 23.8 Å². The number of ether oxygens (including phenoxy) is 3. The third-order valence-corrected chi connectivity index (χ3v) is 5.79. The van der Waals surface area contributed by atoms with Crippen molar-refractivity contribution in [3.63, 3.8) is 0 Å². The maximum Gasteiger partial charge on any atom is 0.347 e. The standard InChI is InChI=1S/C20H31NO6Si/c1-20(2,3)12(11-26-28(6)7)15-17(22)21-18(15)27-19(23)16-13(24-4)9-8-10-14(16)25-5/h8-10,12,15,18,28H,11H2,1-7H3,(H,21,22)/t12-,15+,18-/m1/s1. The number of esters is 1. The molecule has 1 aliphatic rings. The van der Waals surface area contributed by atoms with Crippen LogP contribution < -0.4 is 14.8 Å². The topological polar surface area (TPSA) is 83.1 Å². The van der Waals surface area contributed by atoms with Gasteiger partial charge < -0.3 is 24.0 Å². The van der Waals surface area contributed by atoms with Gasteiger partial charge in [-0.1, -0.05) is 26.8 Å². The van der Waals surface area contributed by atoms with E-state index in [1.165, 1.54) is 14.2 Å². The zero-order chi connectivity index (χ0) is 21.1. The molecule has 0 spiro atoms. The van der Waals surface area contributed by atoms with Gasteiger partial charge in [-0.25, -0.2) is 4.79 Å². The Morgan fingerprint density at radius 1 is 1.18 bits per heavy atom. The van der Waals surface area contributed by atoms with E-state index in [4.69, 9.17) is 18.6 Å². The second kappa shape index (κ2) is 8.96. The molecule has 8 heteroatoms. The molecule has 0 unspecified atom stereocenters. The summed E-state index contributed by atoms with van der Waals surface area (Å²) in [5.74, 6) is -0.554. The number of methoxy groups -OCH3 is 2. The lowest BCUT2D eigenvalue weighted by atomic mass is 9.70. The molecule has 0 aliphatic carbocycles. The first-order chi connectivity index (χ1) is 13.1. The minimum Gasteiger partial charge on any atom is -0.496 e. The van der Waals surface area contributed by atoms with E-state index in [9.17, 15) is 9.59 Å². The van der Waals surface area contributed by atoms with Crippen LogP contribution in [-0.4, -0.2) is 48.0 Å². The zero-order valence-electron chi connectivity index (χ0n) is 17.7. The first kappa shape index (κ1) is 22.2. The highest BCUT2D eigenvalue weighted by molar-refractivity contribution is 6.48. The molecule has 7 nitrogen and oxygen atoms in total. The molecular formula is C20H31NO6Si. The maximum atomic E-state index is 12.8. The van der Waals surface area contributed by atoms with Crippen LogP contribution in [0.3, 0.4) is 0 Å². The number of hydrogen-bond donors (Lipinski definition) is 1. The van der Waals surface area contributed by atoms with Crippen molar-refractivity contribution >= 4 is 20.9 Å². The number of nitrogens with one attached hydrogen (secondary N) is 1. The quantitative estimate of drug-likeness (QED) is 0.404. The molecule has 1 aromatic carbocycles. The fourth-order valence-corrected chi connectivity index (χ4v) is 3.87. The average molecular weight is 410 g/mol. The van der Waals surface area contributed by atoms with Gasteiger partial charge in [0.2, 0.25) is 5.91 Å². The van der Waals surface area contributed by atoms with Crippen LogP contribution in [0.5, 0.6) is 11.5 Å². The Morgan fingerprint density at radius 2 is 1.75 bits per heavy atom. The second-order valence-electron chi connectivity index (χ2n) is 8.25. The number of β-lactam (4-membered cyclic amide) rings is 1. The number of rotatable bonds is 8. The summed E-state index contributed by atoms with van der Waals surface area (Å²) in [6.45, 7) is 10.8. The molecule has 0 saturated carbocycles. The third-order valence-electron chi connectivity index (χ3n) is 4.93. The van der Waals surface area contributed by atoms with Gasteiger partial charge in [-0.3, -0.25) is 4.79 Å². The largest absolute Gasteiger partial charge is 0.496 e. The monoisotopic (exact) mass is 409 g/mol. The van der Waals surface area contributed by atoms with Crippen molar-refractivity contribution in [1.29, 1.82) is 0 Å². The molecule has 0 aromatic heterocycles. The van der Waals surface area contributed by atoms with Crippen LogP contribution in [0.25, 0.3) is 0 Å². The van der Waals surface area contributed by atoms with Crippen molar-refractivity contribution in [2.24, 2.45) is 17.3 Å². The summed E-state index contributed by atoms with van der Waals surface area (Å²) in [5.41, 5.74) is 0.0175. The maximum absolute atomic E-state index is 12.8. The number of carbonyl (C=O) groups is 2. The normalized spacial score (nSPS) is 20.2. The lowest BCUT2D eigenvalue weighted by molar-refractivity contribution is -0.157. The van der Waals surface area contributed by atoms with Crippen molar-refractivity contribution in [3.8, 4) is 11.5 Å². The van der Waals surface area contributed by atoms with E-state index < -0.39 is 27.2 Å². The Balaban J connectivity index is 2.22. The van der Waals surface area contributed by atoms with Crippen molar-refractivity contribution in [2.75, 3.05) is 20.8 Å². The number of hydrogen-bond acceptors (Lipinski definition) is 6. The molecule has 1 fully saturated rings. The molecule has 1 aliphatic heterocycles. The van der Waals surface area contributed by atoms with E-state index in [0.29, 0.717) is 18.1 Å². The van der Waals surface area contributed by atoms with Crippen LogP contribution in [0.4, 0.5) is 0 Å². The van der Waals surface area contributed by atoms with Crippen molar-refractivity contribution < 1.29 is 28.2 Å². The van der Waals surface area contributed by atoms with E-state index >= 15 is 0 Å². The molecule has 2 rings (SSSR count). The number of benzene rings is 1. The fraction of sp³-hybridized carbons (Fsp3) is 0.600. The van der Waals surface area contributed by atoms with Gasteiger partial charge in [0, 0.05) is 12.5 Å². The Kier molecular flexibility index (Phi) is 7.11. The van der Waals surface area contributed by atoms with Crippen LogP contribution in [0.1, 0.15) is 31.1 Å². The van der Waals surface area contributed by atoms with E-state index in [1.54, 1.807) is 18.2 Å². The SMILES string of the molecule is COc1cccc(OC)c1C(=O)O[C@H]1NC(=O)[C@@H]1[C@@H](CO[SiH](C)C)C(C)(C)C. The average Bonchev–Trinajstić information content (AvgIpc) is 2.62. The van der Waals surface area contributed by atoms with Gasteiger partial charge >= 0.3 is 5.97 Å². The van der Waals surface area contributed by atoms with Crippen LogP contribution in [0.2, 0.25) is 13.1 Å². The lowest BCUT2D eigenvalue weighted by Gasteiger charge is -2.45. The highest BCUT2D eigenvalue weighted by Gasteiger charge is 2.51. The van der Waals surface area contributed by atoms with Gasteiger partial charge in [0.25, 0.3) is 0 Å². The minimum absolute atomic E-state index is 0.0754. The van der Waals surface area contributed by atoms with Gasteiger partial charge in [0.05, 0.1) is 20.1 Å². The highest BCUT2D eigenvalue weighted by atomic mass is 28.3. The van der Waals surface area contributed by atoms with Crippen LogP contribution in [0.15, 0.2) is 18.2 Å². The Hall–Kier alpha value is -2.06. The zero-order valence-corrected chi connectivity index (χ0v) is 18.9. The second-order valence-corrected chi connectivity index (χ2v) is 10.7. The van der Waals surface area contributed by atoms with Crippen LogP contribution in [-0.2, 0) is 14.0 Å². The summed E-state index contributed by atoms with van der Waals surface area (Å²) in [4.78, 5) is 25.2. The van der Waals surface area contributed by atoms with Gasteiger partial charge in [-0.05, 0) is 30.6 Å². The molecule has 28 heavy (non-hydrogen) atoms.